The van der Waals surface area contributed by atoms with Crippen LogP contribution in [0.1, 0.15) is 19.2 Å². The number of thioether (sulfide) groups is 1. The van der Waals surface area contributed by atoms with Gasteiger partial charge in [-0.15, -0.1) is 11.8 Å². The molecule has 0 bridgehead atoms. The third kappa shape index (κ3) is 5.97. The Labute approximate surface area is 199 Å². The van der Waals surface area contributed by atoms with Gasteiger partial charge in [0.05, 0.1) is 19.0 Å². The summed E-state index contributed by atoms with van der Waals surface area (Å²) >= 11 is 0.912. The summed E-state index contributed by atoms with van der Waals surface area (Å²) in [6.45, 7) is 2.43. The summed E-state index contributed by atoms with van der Waals surface area (Å²) in [5.74, 6) is -0.542. The molecule has 3 rings (SSSR count). The van der Waals surface area contributed by atoms with Crippen LogP contribution >= 0.6 is 19.5 Å². The normalized spacial score (nSPS) is 24.4. The molecule has 2 heterocycles. The Kier molecular flexibility index (Phi) is 8.04. The molecule has 1 fully saturated rings. The van der Waals surface area contributed by atoms with Crippen molar-refractivity contribution in [2.24, 2.45) is 0 Å². The van der Waals surface area contributed by atoms with Crippen LogP contribution in [0.25, 0.3) is 0 Å². The molecule has 5 atom stereocenters. The molecule has 1 aliphatic heterocycles. The molecule has 0 amide bonds. The van der Waals surface area contributed by atoms with Crippen LogP contribution in [0, 0.1) is 0 Å². The summed E-state index contributed by atoms with van der Waals surface area (Å²) < 4.78 is 45.3. The Balaban J connectivity index is 1.79. The molecule has 34 heavy (non-hydrogen) atoms. The van der Waals surface area contributed by atoms with Gasteiger partial charge in [0.2, 0.25) is 0 Å². The molecule has 186 valence electrons. The van der Waals surface area contributed by atoms with Gasteiger partial charge in [0.25, 0.3) is 0 Å². The van der Waals surface area contributed by atoms with Crippen molar-refractivity contribution in [1.29, 1.82) is 0 Å². The van der Waals surface area contributed by atoms with Crippen molar-refractivity contribution >= 4 is 31.3 Å². The number of rotatable bonds is 9. The van der Waals surface area contributed by atoms with Crippen molar-refractivity contribution in [3.63, 3.8) is 0 Å². The molecule has 1 aromatic carbocycles. The summed E-state index contributed by atoms with van der Waals surface area (Å²) in [7, 11) is -3.05. The number of para-hydroxylation sites is 1. The number of esters is 1. The number of anilines is 1. The van der Waals surface area contributed by atoms with E-state index in [1.807, 2.05) is 0 Å². The molecule has 11 nitrogen and oxygen atoms in total. The maximum Gasteiger partial charge on any atom is 0.459 e. The van der Waals surface area contributed by atoms with Crippen LogP contribution in [0.4, 0.5) is 10.2 Å². The predicted molar refractivity (Wildman–Crippen MR) is 124 cm³/mol. The van der Waals surface area contributed by atoms with E-state index in [9.17, 15) is 23.7 Å². The lowest BCUT2D eigenvalue weighted by atomic mass is 10.1. The van der Waals surface area contributed by atoms with Gasteiger partial charge in [0.1, 0.15) is 28.6 Å². The van der Waals surface area contributed by atoms with Gasteiger partial charge >= 0.3 is 19.4 Å². The van der Waals surface area contributed by atoms with Gasteiger partial charge in [-0.25, -0.2) is 13.8 Å². The fourth-order valence-electron chi connectivity index (χ4n) is 3.20. The molecule has 1 saturated heterocycles. The van der Waals surface area contributed by atoms with E-state index in [4.69, 9.17) is 19.5 Å². The third-order valence-corrected chi connectivity index (χ3v) is 8.21. The van der Waals surface area contributed by atoms with Gasteiger partial charge in [0, 0.05) is 6.20 Å². The van der Waals surface area contributed by atoms with Crippen LogP contribution in [0.15, 0.2) is 47.4 Å². The first-order chi connectivity index (χ1) is 16.0. The minimum absolute atomic E-state index is 0.0154. The molecular formula is C20H26FN4O7PS. The zero-order valence-electron chi connectivity index (χ0n) is 18.7. The third-order valence-electron chi connectivity index (χ3n) is 4.91. The molecule has 0 aliphatic carbocycles. The Morgan fingerprint density at radius 1 is 1.35 bits per heavy atom. The van der Waals surface area contributed by atoms with Crippen molar-refractivity contribution in [2.75, 3.05) is 19.5 Å². The van der Waals surface area contributed by atoms with Crippen molar-refractivity contribution in [3.8, 4) is 5.75 Å². The van der Waals surface area contributed by atoms with E-state index < -0.39 is 54.5 Å². The SMILES string of the molecule is COC(=O)C(C)(C)NP(=O)(OC[C@H]1S[C@@H](n2ccc(N)nc2=O)[C@@H](F)[C@@H]1O)Oc1ccccc1. The lowest BCUT2D eigenvalue weighted by Gasteiger charge is -2.29. The van der Waals surface area contributed by atoms with Crippen LogP contribution in [0.2, 0.25) is 0 Å². The molecule has 1 aromatic heterocycles. The molecule has 2 aromatic rings. The second-order valence-corrected chi connectivity index (χ2v) is 11.0. The quantitative estimate of drug-likeness (QED) is 0.330. The number of hydrogen-bond donors (Lipinski definition) is 3. The monoisotopic (exact) mass is 516 g/mol. The van der Waals surface area contributed by atoms with Gasteiger partial charge in [0.15, 0.2) is 6.17 Å². The van der Waals surface area contributed by atoms with E-state index in [1.54, 1.807) is 18.2 Å². The fourth-order valence-corrected chi connectivity index (χ4v) is 6.42. The van der Waals surface area contributed by atoms with Crippen molar-refractivity contribution < 1.29 is 32.6 Å². The number of carbonyl (C=O) groups excluding carboxylic acids is 1. The lowest BCUT2D eigenvalue weighted by molar-refractivity contribution is -0.146. The number of nitrogens with zero attached hydrogens (tertiary/aromatic N) is 2. The first kappa shape index (κ1) is 26.2. The summed E-state index contributed by atoms with van der Waals surface area (Å²) in [6.07, 6.45) is -2.09. The Bertz CT molecular complexity index is 1120. The average molecular weight is 516 g/mol. The minimum atomic E-state index is -4.23. The Morgan fingerprint density at radius 2 is 2.03 bits per heavy atom. The fraction of sp³-hybridized carbons (Fsp3) is 0.450. The van der Waals surface area contributed by atoms with Gasteiger partial charge in [-0.3, -0.25) is 13.9 Å². The average Bonchev–Trinajstić information content (AvgIpc) is 3.06. The predicted octanol–water partition coefficient (Wildman–Crippen LogP) is 1.88. The van der Waals surface area contributed by atoms with Crippen molar-refractivity contribution in [1.82, 2.24) is 14.6 Å². The Hall–Kier alpha value is -2.44. The number of nitrogens with one attached hydrogen (secondary N) is 1. The molecule has 0 radical (unpaired) electrons. The molecule has 14 heteroatoms. The molecular weight excluding hydrogens is 490 g/mol. The second kappa shape index (κ2) is 10.4. The van der Waals surface area contributed by atoms with E-state index >= 15 is 0 Å². The highest BCUT2D eigenvalue weighted by molar-refractivity contribution is 8.00. The lowest BCUT2D eigenvalue weighted by Crippen LogP contribution is -2.47. The number of alkyl halides is 1. The van der Waals surface area contributed by atoms with E-state index in [0.717, 1.165) is 16.3 Å². The zero-order chi connectivity index (χ0) is 25.1. The molecule has 4 N–H and O–H groups in total. The van der Waals surface area contributed by atoms with E-state index in [2.05, 4.69) is 10.1 Å². The van der Waals surface area contributed by atoms with E-state index in [0.29, 0.717) is 0 Å². The highest BCUT2D eigenvalue weighted by Gasteiger charge is 2.47. The van der Waals surface area contributed by atoms with E-state index in [1.165, 1.54) is 45.4 Å². The first-order valence-corrected chi connectivity index (χ1v) is 12.6. The highest BCUT2D eigenvalue weighted by atomic mass is 32.2. The molecule has 1 aliphatic rings. The number of aliphatic hydroxyl groups is 1. The number of ether oxygens (including phenoxy) is 1. The van der Waals surface area contributed by atoms with Gasteiger partial charge in [-0.1, -0.05) is 18.2 Å². The largest absolute Gasteiger partial charge is 0.468 e. The number of methoxy groups -OCH3 is 1. The zero-order valence-corrected chi connectivity index (χ0v) is 20.4. The van der Waals surface area contributed by atoms with Gasteiger partial charge < -0.3 is 20.1 Å². The second-order valence-electron chi connectivity index (χ2n) is 7.97. The Morgan fingerprint density at radius 3 is 2.65 bits per heavy atom. The van der Waals surface area contributed by atoms with Crippen LogP contribution in [-0.4, -0.2) is 57.4 Å². The number of halogens is 1. The highest BCUT2D eigenvalue weighted by Crippen LogP contribution is 2.49. The number of benzene rings is 1. The number of nitrogen functional groups attached to an aromatic ring is 1. The van der Waals surface area contributed by atoms with Crippen molar-refractivity contribution in [2.45, 2.75) is 42.3 Å². The van der Waals surface area contributed by atoms with Crippen LogP contribution in [0.5, 0.6) is 5.75 Å². The molecule has 1 unspecified atom stereocenters. The number of carbonyl (C=O) groups is 1. The smallest absolute Gasteiger partial charge is 0.459 e. The van der Waals surface area contributed by atoms with Gasteiger partial charge in [-0.05, 0) is 32.0 Å². The van der Waals surface area contributed by atoms with Gasteiger partial charge in [-0.2, -0.15) is 10.1 Å². The minimum Gasteiger partial charge on any atom is -0.468 e. The van der Waals surface area contributed by atoms with E-state index in [-0.39, 0.29) is 11.6 Å². The van der Waals surface area contributed by atoms with Crippen molar-refractivity contribution in [3.05, 3.63) is 53.1 Å². The topological polar surface area (TPSA) is 155 Å². The summed E-state index contributed by atoms with van der Waals surface area (Å²) in [4.78, 5) is 27.8. The summed E-state index contributed by atoms with van der Waals surface area (Å²) in [5, 5.41) is 11.0. The van der Waals surface area contributed by atoms with Crippen LogP contribution in [0.3, 0.4) is 0 Å². The molecule has 0 saturated carbocycles. The number of aromatic nitrogens is 2. The first-order valence-electron chi connectivity index (χ1n) is 10.1. The summed E-state index contributed by atoms with van der Waals surface area (Å²) in [6, 6.07) is 9.44. The molecule has 0 spiro atoms. The summed E-state index contributed by atoms with van der Waals surface area (Å²) in [5.41, 5.74) is 3.24. The standard InChI is InChI=1S/C20H26FN4O7PS/c1-20(2,18(27)30-3)24-33(29,32-12-7-5-4-6-8-12)31-11-13-16(26)15(21)17(34-13)25-10-9-14(22)23-19(25)28/h4-10,13,15-17,26H,11H2,1-3H3,(H,24,29)(H2,22,23,28)/t13-,15+,16-,17-,33?/m1/s1. The van der Waals surface area contributed by atoms with Crippen LogP contribution in [-0.2, 0) is 18.6 Å². The number of aliphatic hydroxyl groups excluding tert-OH is 1. The number of nitrogens with two attached hydrogens (primary N) is 1. The maximum atomic E-state index is 14.9. The maximum absolute atomic E-state index is 14.9. The number of hydrogen-bond acceptors (Lipinski definition) is 10. The van der Waals surface area contributed by atoms with Crippen LogP contribution < -0.4 is 21.0 Å².